The summed E-state index contributed by atoms with van der Waals surface area (Å²) in [7, 11) is 0. The Labute approximate surface area is 147 Å². The first kappa shape index (κ1) is 15.9. The number of thiazole rings is 1. The van der Waals surface area contributed by atoms with Gasteiger partial charge in [0.25, 0.3) is 5.56 Å². The lowest BCUT2D eigenvalue weighted by Gasteiger charge is -2.26. The molecule has 1 aromatic carbocycles. The van der Waals surface area contributed by atoms with Crippen molar-refractivity contribution in [2.75, 3.05) is 12.3 Å². The summed E-state index contributed by atoms with van der Waals surface area (Å²) < 4.78 is 13.0. The van der Waals surface area contributed by atoms with Crippen LogP contribution in [0.15, 0.2) is 35.3 Å². The standard InChI is InChI=1S/C17H16FN5OS/c18-11-3-1-10(2-4-11)16-20-7-12(25-16)8-23-6-5-14-13(9-23)15(24)22-17(19)21-14/h1-4,7H,5-6,8-9H2,(H3,19,21,22,24). The third-order valence-corrected chi connectivity index (χ3v) is 5.22. The predicted molar refractivity (Wildman–Crippen MR) is 94.6 cm³/mol. The largest absolute Gasteiger partial charge is 0.369 e. The topological polar surface area (TPSA) is 87.9 Å². The van der Waals surface area contributed by atoms with E-state index < -0.39 is 0 Å². The van der Waals surface area contributed by atoms with Crippen molar-refractivity contribution in [1.29, 1.82) is 0 Å². The number of fused-ring (bicyclic) bond motifs is 1. The molecule has 4 rings (SSSR count). The number of benzene rings is 1. The highest BCUT2D eigenvalue weighted by molar-refractivity contribution is 7.15. The number of hydrogen-bond acceptors (Lipinski definition) is 6. The lowest BCUT2D eigenvalue weighted by Crippen LogP contribution is -2.35. The molecule has 1 aliphatic heterocycles. The second-order valence-corrected chi connectivity index (χ2v) is 7.09. The maximum absolute atomic E-state index is 13.0. The fraction of sp³-hybridized carbons (Fsp3) is 0.235. The van der Waals surface area contributed by atoms with Crippen molar-refractivity contribution in [3.05, 3.63) is 62.8 Å². The van der Waals surface area contributed by atoms with Crippen LogP contribution in [-0.4, -0.2) is 26.4 Å². The number of nitrogens with one attached hydrogen (secondary N) is 1. The average molecular weight is 357 g/mol. The minimum Gasteiger partial charge on any atom is -0.369 e. The summed E-state index contributed by atoms with van der Waals surface area (Å²) in [4.78, 5) is 26.6. The smallest absolute Gasteiger partial charge is 0.257 e. The number of hydrogen-bond donors (Lipinski definition) is 2. The Balaban J connectivity index is 1.50. The zero-order chi connectivity index (χ0) is 17.4. The van der Waals surface area contributed by atoms with Crippen LogP contribution in [0.4, 0.5) is 10.3 Å². The number of rotatable bonds is 3. The number of aromatic nitrogens is 3. The molecular formula is C17H16FN5OS. The van der Waals surface area contributed by atoms with E-state index in [0.29, 0.717) is 25.1 Å². The molecule has 3 aromatic rings. The molecule has 8 heteroatoms. The van der Waals surface area contributed by atoms with Gasteiger partial charge in [-0.2, -0.15) is 0 Å². The summed E-state index contributed by atoms with van der Waals surface area (Å²) in [6.07, 6.45) is 2.54. The average Bonchev–Trinajstić information content (AvgIpc) is 3.04. The van der Waals surface area contributed by atoms with Gasteiger partial charge < -0.3 is 5.73 Å². The van der Waals surface area contributed by atoms with Crippen LogP contribution in [0.3, 0.4) is 0 Å². The van der Waals surface area contributed by atoms with Crippen molar-refractivity contribution >= 4 is 17.3 Å². The van der Waals surface area contributed by atoms with E-state index in [4.69, 9.17) is 5.73 Å². The molecule has 3 N–H and O–H groups in total. The maximum Gasteiger partial charge on any atom is 0.257 e. The molecule has 25 heavy (non-hydrogen) atoms. The van der Waals surface area contributed by atoms with Crippen LogP contribution in [0.1, 0.15) is 16.1 Å². The molecule has 3 heterocycles. The number of halogens is 1. The Bertz CT molecular complexity index is 966. The number of anilines is 1. The maximum atomic E-state index is 13.0. The Kier molecular flexibility index (Phi) is 4.06. The van der Waals surface area contributed by atoms with Gasteiger partial charge in [0.2, 0.25) is 5.95 Å². The monoisotopic (exact) mass is 357 g/mol. The third-order valence-electron chi connectivity index (χ3n) is 4.19. The highest BCUT2D eigenvalue weighted by atomic mass is 32.1. The zero-order valence-electron chi connectivity index (χ0n) is 13.3. The Morgan fingerprint density at radius 3 is 2.92 bits per heavy atom. The van der Waals surface area contributed by atoms with Gasteiger partial charge >= 0.3 is 0 Å². The van der Waals surface area contributed by atoms with E-state index in [1.54, 1.807) is 23.5 Å². The molecular weight excluding hydrogens is 341 g/mol. The van der Waals surface area contributed by atoms with Gasteiger partial charge in [-0.25, -0.2) is 14.4 Å². The minimum absolute atomic E-state index is 0.163. The first-order valence-electron chi connectivity index (χ1n) is 7.89. The zero-order valence-corrected chi connectivity index (χ0v) is 14.1. The van der Waals surface area contributed by atoms with Crippen molar-refractivity contribution in [2.45, 2.75) is 19.5 Å². The Morgan fingerprint density at radius 2 is 2.12 bits per heavy atom. The van der Waals surface area contributed by atoms with Gasteiger partial charge in [-0.15, -0.1) is 11.3 Å². The van der Waals surface area contributed by atoms with Gasteiger partial charge in [-0.3, -0.25) is 14.7 Å². The second-order valence-electron chi connectivity index (χ2n) is 5.98. The van der Waals surface area contributed by atoms with Crippen molar-refractivity contribution in [3.63, 3.8) is 0 Å². The molecule has 0 atom stereocenters. The molecule has 0 amide bonds. The van der Waals surface area contributed by atoms with E-state index in [0.717, 1.165) is 27.7 Å². The number of nitrogens with two attached hydrogens (primary N) is 1. The van der Waals surface area contributed by atoms with Crippen LogP contribution >= 0.6 is 11.3 Å². The van der Waals surface area contributed by atoms with Crippen LogP contribution < -0.4 is 11.3 Å². The quantitative estimate of drug-likeness (QED) is 0.750. The molecule has 128 valence electrons. The summed E-state index contributed by atoms with van der Waals surface area (Å²) in [5.41, 5.74) is 7.81. The molecule has 0 bridgehead atoms. The van der Waals surface area contributed by atoms with Crippen molar-refractivity contribution in [1.82, 2.24) is 19.9 Å². The second kappa shape index (κ2) is 6.38. The van der Waals surface area contributed by atoms with Gasteiger partial charge in [-0.1, -0.05) is 0 Å². The van der Waals surface area contributed by atoms with E-state index >= 15 is 0 Å². The van der Waals surface area contributed by atoms with Crippen molar-refractivity contribution in [3.8, 4) is 10.6 Å². The molecule has 2 aromatic heterocycles. The molecule has 6 nitrogen and oxygen atoms in total. The van der Waals surface area contributed by atoms with E-state index in [2.05, 4.69) is 19.9 Å². The summed E-state index contributed by atoms with van der Waals surface area (Å²) in [5.74, 6) is -0.0874. The summed E-state index contributed by atoms with van der Waals surface area (Å²) in [6.45, 7) is 2.07. The highest BCUT2D eigenvalue weighted by Gasteiger charge is 2.21. The third kappa shape index (κ3) is 3.31. The SMILES string of the molecule is Nc1nc2c(c(=O)[nH]1)CN(Cc1cnc(-c3ccc(F)cc3)s1)CC2. The fourth-order valence-electron chi connectivity index (χ4n) is 2.96. The fourth-order valence-corrected chi connectivity index (χ4v) is 3.92. The molecule has 1 aliphatic rings. The molecule has 0 fully saturated rings. The van der Waals surface area contributed by atoms with Gasteiger partial charge in [0.15, 0.2) is 0 Å². The molecule has 0 unspecified atom stereocenters. The van der Waals surface area contributed by atoms with Gasteiger partial charge in [0.1, 0.15) is 10.8 Å². The normalized spacial score (nSPS) is 14.4. The Morgan fingerprint density at radius 1 is 1.32 bits per heavy atom. The van der Waals surface area contributed by atoms with Crippen LogP contribution in [-0.2, 0) is 19.5 Å². The van der Waals surface area contributed by atoms with E-state index in [1.807, 2.05) is 6.20 Å². The summed E-state index contributed by atoms with van der Waals surface area (Å²) in [6, 6.07) is 6.32. The Hall–Kier alpha value is -2.58. The van der Waals surface area contributed by atoms with Crippen LogP contribution in [0.25, 0.3) is 10.6 Å². The molecule has 0 aliphatic carbocycles. The number of nitrogens with zero attached hydrogens (tertiary/aromatic N) is 3. The first-order valence-corrected chi connectivity index (χ1v) is 8.70. The van der Waals surface area contributed by atoms with E-state index in [9.17, 15) is 9.18 Å². The number of H-pyrrole nitrogens is 1. The number of nitrogen functional groups attached to an aromatic ring is 1. The molecule has 0 spiro atoms. The van der Waals surface area contributed by atoms with E-state index in [1.165, 1.54) is 12.1 Å². The lowest BCUT2D eigenvalue weighted by molar-refractivity contribution is 0.244. The van der Waals surface area contributed by atoms with Crippen molar-refractivity contribution in [2.24, 2.45) is 0 Å². The molecule has 0 saturated carbocycles. The summed E-state index contributed by atoms with van der Waals surface area (Å²) >= 11 is 1.58. The van der Waals surface area contributed by atoms with Crippen LogP contribution in [0.5, 0.6) is 0 Å². The van der Waals surface area contributed by atoms with Gasteiger partial charge in [0, 0.05) is 42.7 Å². The summed E-state index contributed by atoms with van der Waals surface area (Å²) in [5, 5.41) is 0.861. The van der Waals surface area contributed by atoms with Crippen LogP contribution in [0.2, 0.25) is 0 Å². The predicted octanol–water partition coefficient (Wildman–Crippen LogP) is 2.17. The molecule has 0 radical (unpaired) electrons. The number of aromatic amines is 1. The lowest BCUT2D eigenvalue weighted by atomic mass is 10.1. The van der Waals surface area contributed by atoms with Crippen molar-refractivity contribution < 1.29 is 4.39 Å². The first-order chi connectivity index (χ1) is 12.1. The van der Waals surface area contributed by atoms with E-state index in [-0.39, 0.29) is 17.3 Å². The van der Waals surface area contributed by atoms with Gasteiger partial charge in [-0.05, 0) is 24.3 Å². The minimum atomic E-state index is -0.257. The highest BCUT2D eigenvalue weighted by Crippen LogP contribution is 2.27. The van der Waals surface area contributed by atoms with Crippen LogP contribution in [0, 0.1) is 5.82 Å². The van der Waals surface area contributed by atoms with Gasteiger partial charge in [0.05, 0.1) is 11.3 Å². The molecule has 0 saturated heterocycles.